The molecular weight excluding hydrogens is 424 g/mol. The Hall–Kier alpha value is -0.320. The van der Waals surface area contributed by atoms with Crippen LogP contribution in [0.15, 0.2) is 0 Å². The zero-order chi connectivity index (χ0) is 25.5. The third-order valence-electron chi connectivity index (χ3n) is 9.82. The molecule has 0 spiro atoms. The Balaban J connectivity index is 1.70. The van der Waals surface area contributed by atoms with Crippen molar-refractivity contribution >= 4 is 0 Å². The zero-order valence-electron chi connectivity index (χ0n) is 22.6. The first kappa shape index (κ1) is 28.3. The number of nitrogens with two attached hydrogens (primary N) is 6. The monoisotopic (exact) mass is 480 g/mol. The van der Waals surface area contributed by atoms with Gasteiger partial charge in [0.1, 0.15) is 0 Å². The lowest BCUT2D eigenvalue weighted by atomic mass is 9.62. The molecule has 3 rings (SSSR count). The van der Waals surface area contributed by atoms with Crippen molar-refractivity contribution in [3.63, 3.8) is 0 Å². The fourth-order valence-corrected chi connectivity index (χ4v) is 7.17. The molecule has 34 heavy (non-hydrogen) atoms. The van der Waals surface area contributed by atoms with Crippen LogP contribution in [0.5, 0.6) is 0 Å². The molecular formula is C26H56N8. The molecule has 0 heterocycles. The van der Waals surface area contributed by atoms with Gasteiger partial charge in [0.05, 0.1) is 11.3 Å². The van der Waals surface area contributed by atoms with Gasteiger partial charge in [-0.15, -0.1) is 0 Å². The van der Waals surface area contributed by atoms with E-state index in [0.717, 1.165) is 64.2 Å². The normalized spacial score (nSPS) is 44.7. The maximum Gasteiger partial charge on any atom is 0.0636 e. The number of hydrogen-bond acceptors (Lipinski definition) is 8. The third-order valence-corrected chi connectivity index (χ3v) is 9.82. The van der Waals surface area contributed by atoms with Crippen molar-refractivity contribution in [2.45, 2.75) is 133 Å². The Morgan fingerprint density at radius 2 is 1.38 bits per heavy atom. The van der Waals surface area contributed by atoms with Crippen LogP contribution in [0.2, 0.25) is 0 Å². The van der Waals surface area contributed by atoms with Gasteiger partial charge in [-0.2, -0.15) is 0 Å². The molecule has 14 N–H and O–H groups in total. The van der Waals surface area contributed by atoms with Crippen LogP contribution >= 0.6 is 0 Å². The zero-order valence-corrected chi connectivity index (χ0v) is 22.6. The molecule has 0 saturated heterocycles. The third kappa shape index (κ3) is 7.13. The minimum absolute atomic E-state index is 0.0471. The highest BCUT2D eigenvalue weighted by molar-refractivity contribution is 5.01. The molecule has 0 aromatic heterocycles. The molecule has 0 aromatic carbocycles. The van der Waals surface area contributed by atoms with Crippen LogP contribution in [0, 0.1) is 29.6 Å². The van der Waals surface area contributed by atoms with Crippen LogP contribution in [-0.2, 0) is 0 Å². The predicted molar refractivity (Wildman–Crippen MR) is 142 cm³/mol. The summed E-state index contributed by atoms with van der Waals surface area (Å²) in [6.45, 7) is 10.6. The van der Waals surface area contributed by atoms with Gasteiger partial charge in [0.25, 0.3) is 0 Å². The number of rotatable bonds is 7. The quantitative estimate of drug-likeness (QED) is 0.199. The van der Waals surface area contributed by atoms with Gasteiger partial charge in [0, 0.05) is 23.2 Å². The van der Waals surface area contributed by atoms with Crippen LogP contribution < -0.4 is 45.3 Å². The van der Waals surface area contributed by atoms with Crippen molar-refractivity contribution in [3.05, 3.63) is 0 Å². The molecule has 9 unspecified atom stereocenters. The maximum absolute atomic E-state index is 6.87. The van der Waals surface area contributed by atoms with E-state index in [1.54, 1.807) is 0 Å². The summed E-state index contributed by atoms with van der Waals surface area (Å²) >= 11 is 0. The van der Waals surface area contributed by atoms with Crippen molar-refractivity contribution < 1.29 is 0 Å². The first-order valence-corrected chi connectivity index (χ1v) is 13.7. The van der Waals surface area contributed by atoms with Crippen LogP contribution in [0.25, 0.3) is 0 Å². The van der Waals surface area contributed by atoms with Crippen LogP contribution in [0.3, 0.4) is 0 Å². The molecule has 0 aromatic rings. The molecule has 8 nitrogen and oxygen atoms in total. The Morgan fingerprint density at radius 1 is 0.794 bits per heavy atom. The Morgan fingerprint density at radius 3 is 1.97 bits per heavy atom. The molecule has 0 radical (unpaired) electrons. The minimum atomic E-state index is -0.662. The summed E-state index contributed by atoms with van der Waals surface area (Å²) in [6.07, 6.45) is 10.3. The van der Waals surface area contributed by atoms with Gasteiger partial charge in [-0.3, -0.25) is 10.9 Å². The van der Waals surface area contributed by atoms with E-state index in [4.69, 9.17) is 34.4 Å². The fraction of sp³-hybridized carbons (Fsp3) is 1.00. The Labute approximate surface area is 208 Å². The van der Waals surface area contributed by atoms with Crippen molar-refractivity contribution in [2.24, 2.45) is 64.0 Å². The molecule has 3 saturated carbocycles. The van der Waals surface area contributed by atoms with E-state index >= 15 is 0 Å². The lowest BCUT2D eigenvalue weighted by Gasteiger charge is -2.49. The van der Waals surface area contributed by atoms with E-state index in [-0.39, 0.29) is 11.1 Å². The summed E-state index contributed by atoms with van der Waals surface area (Å²) in [5.41, 5.74) is 44.6. The molecule has 3 fully saturated rings. The van der Waals surface area contributed by atoms with Gasteiger partial charge in [-0.1, -0.05) is 6.92 Å². The standard InChI is InChI=1S/C26H56N8/c1-16-15-23(2,27)10-9-21(16)33-34-22-7-6-18(25(4,29)30)12-17(22)13-20-14-19(26(5,31)32)8-11-24(20,3)28/h16-22,33-34H,6-15,27-32H2,1-5H3. The molecule has 0 amide bonds. The molecule has 0 bridgehead atoms. The van der Waals surface area contributed by atoms with Crippen molar-refractivity contribution in [2.75, 3.05) is 0 Å². The van der Waals surface area contributed by atoms with E-state index in [1.165, 1.54) is 0 Å². The second-order valence-corrected chi connectivity index (χ2v) is 13.8. The molecule has 200 valence electrons. The minimum Gasteiger partial charge on any atom is -0.325 e. The summed E-state index contributed by atoms with van der Waals surface area (Å²) in [5.74, 6) is 1.96. The highest BCUT2D eigenvalue weighted by atomic mass is 15.4. The maximum atomic E-state index is 6.87. The molecule has 0 aliphatic heterocycles. The van der Waals surface area contributed by atoms with Gasteiger partial charge >= 0.3 is 0 Å². The van der Waals surface area contributed by atoms with Gasteiger partial charge in [-0.05, 0) is 121 Å². The average Bonchev–Trinajstić information content (AvgIpc) is 2.67. The first-order chi connectivity index (χ1) is 15.5. The number of hydrogen-bond donors (Lipinski definition) is 8. The average molecular weight is 481 g/mol. The van der Waals surface area contributed by atoms with E-state index in [0.29, 0.717) is 41.7 Å². The van der Waals surface area contributed by atoms with E-state index < -0.39 is 11.3 Å². The highest BCUT2D eigenvalue weighted by Crippen LogP contribution is 2.45. The van der Waals surface area contributed by atoms with Crippen molar-refractivity contribution in [1.82, 2.24) is 10.9 Å². The second kappa shape index (κ2) is 10.2. The van der Waals surface area contributed by atoms with Crippen LogP contribution in [0.1, 0.15) is 98.8 Å². The SMILES string of the molecule is CC1CC(C)(N)CCC1NNC1CCC(C(C)(N)N)CC1CC1CC(C(C)(N)N)CCC1(C)N. The summed E-state index contributed by atoms with van der Waals surface area (Å²) in [7, 11) is 0. The molecule has 9 atom stereocenters. The van der Waals surface area contributed by atoms with Gasteiger partial charge in [0.2, 0.25) is 0 Å². The predicted octanol–water partition coefficient (Wildman–Crippen LogP) is 1.56. The summed E-state index contributed by atoms with van der Waals surface area (Å²) in [4.78, 5) is 0. The Bertz CT molecular complexity index is 665. The second-order valence-electron chi connectivity index (χ2n) is 13.8. The summed E-state index contributed by atoms with van der Waals surface area (Å²) in [5, 5.41) is 0. The lowest BCUT2D eigenvalue weighted by Crippen LogP contribution is -2.61. The lowest BCUT2D eigenvalue weighted by molar-refractivity contribution is 0.0569. The number of nitrogens with one attached hydrogen (secondary N) is 2. The topological polar surface area (TPSA) is 180 Å². The Kier molecular flexibility index (Phi) is 8.48. The number of hydrazine groups is 1. The molecule has 3 aliphatic carbocycles. The van der Waals surface area contributed by atoms with Crippen LogP contribution in [-0.4, -0.2) is 34.5 Å². The largest absolute Gasteiger partial charge is 0.325 e. The van der Waals surface area contributed by atoms with Crippen LogP contribution in [0.4, 0.5) is 0 Å². The van der Waals surface area contributed by atoms with Crippen molar-refractivity contribution in [3.8, 4) is 0 Å². The van der Waals surface area contributed by atoms with Gasteiger partial charge < -0.3 is 34.4 Å². The van der Waals surface area contributed by atoms with Gasteiger partial charge in [-0.25, -0.2) is 0 Å². The van der Waals surface area contributed by atoms with E-state index in [2.05, 4.69) is 31.6 Å². The summed E-state index contributed by atoms with van der Waals surface area (Å²) in [6, 6.07) is 0.814. The smallest absolute Gasteiger partial charge is 0.0636 e. The fourth-order valence-electron chi connectivity index (χ4n) is 7.17. The van der Waals surface area contributed by atoms with Gasteiger partial charge in [0.15, 0.2) is 0 Å². The molecule has 3 aliphatic rings. The van der Waals surface area contributed by atoms with E-state index in [9.17, 15) is 0 Å². The highest BCUT2D eigenvalue weighted by Gasteiger charge is 2.45. The summed E-state index contributed by atoms with van der Waals surface area (Å²) < 4.78 is 0. The first-order valence-electron chi connectivity index (χ1n) is 13.7. The molecule has 8 heteroatoms. The van der Waals surface area contributed by atoms with E-state index in [1.807, 2.05) is 13.8 Å². The van der Waals surface area contributed by atoms with Crippen molar-refractivity contribution in [1.29, 1.82) is 0 Å².